The highest BCUT2D eigenvalue weighted by Crippen LogP contribution is 2.41. The Morgan fingerprint density at radius 3 is 2.54 bits per heavy atom. The normalized spacial score (nSPS) is 29.4. The van der Waals surface area contributed by atoms with E-state index in [2.05, 4.69) is 37.7 Å². The zero-order chi connectivity index (χ0) is 24.2. The number of aliphatic imine (C=N–C) groups is 1. The molecular formula is C24H29N9O2. The van der Waals surface area contributed by atoms with E-state index in [1.165, 1.54) is 0 Å². The third-order valence-corrected chi connectivity index (χ3v) is 7.17. The third kappa shape index (κ3) is 3.80. The van der Waals surface area contributed by atoms with Crippen LogP contribution in [0.3, 0.4) is 0 Å². The van der Waals surface area contributed by atoms with Gasteiger partial charge in [0, 0.05) is 50.2 Å². The van der Waals surface area contributed by atoms with Crippen LogP contribution in [-0.4, -0.2) is 76.8 Å². The van der Waals surface area contributed by atoms with Gasteiger partial charge in [-0.3, -0.25) is 10.1 Å². The summed E-state index contributed by atoms with van der Waals surface area (Å²) < 4.78 is 0. The van der Waals surface area contributed by atoms with Crippen LogP contribution in [0.1, 0.15) is 26.7 Å². The Labute approximate surface area is 203 Å². The van der Waals surface area contributed by atoms with Crippen molar-refractivity contribution >= 4 is 29.8 Å². The van der Waals surface area contributed by atoms with Crippen LogP contribution in [0.15, 0.2) is 57.7 Å². The van der Waals surface area contributed by atoms with E-state index < -0.39 is 17.6 Å². The van der Waals surface area contributed by atoms with Gasteiger partial charge in [-0.1, -0.05) is 6.07 Å². The van der Waals surface area contributed by atoms with Gasteiger partial charge in [-0.2, -0.15) is 5.10 Å². The van der Waals surface area contributed by atoms with E-state index in [4.69, 9.17) is 10.1 Å². The van der Waals surface area contributed by atoms with Gasteiger partial charge in [0.25, 0.3) is 5.91 Å². The molecule has 0 spiro atoms. The van der Waals surface area contributed by atoms with Crippen LogP contribution in [0, 0.1) is 5.92 Å². The summed E-state index contributed by atoms with van der Waals surface area (Å²) in [4.78, 5) is 38.2. The molecule has 4 aliphatic heterocycles. The summed E-state index contributed by atoms with van der Waals surface area (Å²) >= 11 is 0. The number of carbonyl (C=O) groups excluding carboxylic acids is 2. The van der Waals surface area contributed by atoms with E-state index in [9.17, 15) is 9.59 Å². The van der Waals surface area contributed by atoms with E-state index in [0.717, 1.165) is 62.1 Å². The van der Waals surface area contributed by atoms with Gasteiger partial charge in [0.2, 0.25) is 0 Å². The van der Waals surface area contributed by atoms with Gasteiger partial charge < -0.3 is 20.4 Å². The van der Waals surface area contributed by atoms with Crippen LogP contribution < -0.4 is 20.9 Å². The maximum atomic E-state index is 12.2. The first kappa shape index (κ1) is 21.6. The summed E-state index contributed by atoms with van der Waals surface area (Å²) in [5.41, 5.74) is 0.543. The first-order valence-electron chi connectivity index (χ1n) is 12.1. The molecule has 182 valence electrons. The fourth-order valence-electron chi connectivity index (χ4n) is 4.97. The number of hydrogen-bond donors (Lipinski definition) is 3. The number of nitrogens with zero attached hydrogens (tertiary/aromatic N) is 6. The minimum absolute atomic E-state index is 0.234. The number of pyridine rings is 1. The molecular weight excluding hydrogens is 446 g/mol. The summed E-state index contributed by atoms with van der Waals surface area (Å²) in [6.07, 6.45) is 7.66. The molecule has 2 saturated heterocycles. The molecule has 1 aromatic heterocycles. The van der Waals surface area contributed by atoms with Gasteiger partial charge in [0.1, 0.15) is 23.2 Å². The van der Waals surface area contributed by atoms with Gasteiger partial charge in [0.15, 0.2) is 5.66 Å². The van der Waals surface area contributed by atoms with E-state index in [-0.39, 0.29) is 11.6 Å². The van der Waals surface area contributed by atoms with Crippen molar-refractivity contribution in [2.75, 3.05) is 31.1 Å². The monoisotopic (exact) mass is 475 g/mol. The van der Waals surface area contributed by atoms with E-state index >= 15 is 0 Å². The van der Waals surface area contributed by atoms with Gasteiger partial charge in [-0.15, -0.1) is 0 Å². The number of urea groups is 1. The zero-order valence-electron chi connectivity index (χ0n) is 19.9. The van der Waals surface area contributed by atoms with Crippen molar-refractivity contribution in [3.8, 4) is 0 Å². The van der Waals surface area contributed by atoms with Crippen molar-refractivity contribution in [1.82, 2.24) is 30.8 Å². The molecule has 5 aliphatic rings. The summed E-state index contributed by atoms with van der Waals surface area (Å²) in [6, 6.07) is 5.92. The second-order valence-corrected chi connectivity index (χ2v) is 9.67. The van der Waals surface area contributed by atoms with Crippen LogP contribution in [0.2, 0.25) is 0 Å². The summed E-state index contributed by atoms with van der Waals surface area (Å²) in [7, 11) is 0. The van der Waals surface area contributed by atoms with Crippen LogP contribution >= 0.6 is 0 Å². The lowest BCUT2D eigenvalue weighted by Crippen LogP contribution is -2.55. The van der Waals surface area contributed by atoms with Crippen molar-refractivity contribution in [1.29, 1.82) is 0 Å². The van der Waals surface area contributed by atoms with Crippen LogP contribution in [-0.2, 0) is 4.79 Å². The van der Waals surface area contributed by atoms with Crippen LogP contribution in [0.4, 0.5) is 10.6 Å². The molecule has 2 unspecified atom stereocenters. The Kier molecular flexibility index (Phi) is 5.01. The van der Waals surface area contributed by atoms with Crippen molar-refractivity contribution < 1.29 is 9.59 Å². The number of aromatic nitrogens is 1. The topological polar surface area (TPSA) is 118 Å². The number of piperazine rings is 1. The van der Waals surface area contributed by atoms with Crippen molar-refractivity contribution in [2.24, 2.45) is 16.0 Å². The Balaban J connectivity index is 1.30. The quantitative estimate of drug-likeness (QED) is 0.439. The molecule has 0 aromatic carbocycles. The summed E-state index contributed by atoms with van der Waals surface area (Å²) in [5.74, 6) is 2.17. The Hall–Kier alpha value is -3.89. The smallest absolute Gasteiger partial charge is 0.326 e. The first-order valence-corrected chi connectivity index (χ1v) is 12.1. The molecule has 6 rings (SSSR count). The lowest BCUT2D eigenvalue weighted by atomic mass is 9.93. The predicted molar refractivity (Wildman–Crippen MR) is 131 cm³/mol. The number of carbonyl (C=O) groups is 2. The summed E-state index contributed by atoms with van der Waals surface area (Å²) in [5, 5.41) is 15.1. The number of hydrazone groups is 1. The number of hydrogen-bond acceptors (Lipinski definition) is 9. The molecule has 0 radical (unpaired) electrons. The molecule has 1 saturated carbocycles. The average molecular weight is 476 g/mol. The number of amides is 3. The van der Waals surface area contributed by atoms with E-state index in [0.29, 0.717) is 6.04 Å². The Morgan fingerprint density at radius 2 is 1.89 bits per heavy atom. The van der Waals surface area contributed by atoms with E-state index in [1.54, 1.807) is 12.3 Å². The lowest BCUT2D eigenvalue weighted by molar-refractivity contribution is -0.115. The largest absolute Gasteiger partial charge is 0.367 e. The van der Waals surface area contributed by atoms with Gasteiger partial charge >= 0.3 is 6.03 Å². The highest BCUT2D eigenvalue weighted by atomic mass is 16.2. The van der Waals surface area contributed by atoms with Crippen molar-refractivity contribution in [3.05, 3.63) is 47.6 Å². The molecule has 2 atom stereocenters. The number of rotatable bonds is 4. The number of fused-ring (bicyclic) bond motifs is 1. The standard InChI is InChI=1S/C24H29N9O2/c1-15-20(27-17-6-7-17)33-24(2,16(14-26-33)13-18-22(34)29-23(35)28-18)30-21(15)32-11-9-31(10-12-32)19-5-3-4-8-25-19/h3-5,8,13-14,16-17,27H,6-7,9-12H2,1-2H3,(H2,28,29,34,35)/b18-13-. The highest BCUT2D eigenvalue weighted by Gasteiger charge is 2.49. The fourth-order valence-corrected chi connectivity index (χ4v) is 4.97. The summed E-state index contributed by atoms with van der Waals surface area (Å²) in [6.45, 7) is 7.48. The van der Waals surface area contributed by atoms with Crippen LogP contribution in [0.25, 0.3) is 0 Å². The molecule has 3 amide bonds. The molecule has 1 aromatic rings. The minimum Gasteiger partial charge on any atom is -0.367 e. The number of nitrogens with one attached hydrogen (secondary N) is 3. The van der Waals surface area contributed by atoms with Crippen molar-refractivity contribution in [2.45, 2.75) is 38.4 Å². The Bertz CT molecular complexity index is 1180. The minimum atomic E-state index is -0.759. The average Bonchev–Trinajstić information content (AvgIpc) is 3.55. The van der Waals surface area contributed by atoms with Gasteiger partial charge in [-0.05, 0) is 44.9 Å². The number of imide groups is 1. The first-order chi connectivity index (χ1) is 16.9. The maximum absolute atomic E-state index is 12.2. The Morgan fingerprint density at radius 1 is 1.11 bits per heavy atom. The predicted octanol–water partition coefficient (Wildman–Crippen LogP) is 0.956. The lowest BCUT2D eigenvalue weighted by Gasteiger charge is -2.44. The molecule has 11 nitrogen and oxygen atoms in total. The number of anilines is 1. The zero-order valence-corrected chi connectivity index (χ0v) is 19.9. The second-order valence-electron chi connectivity index (χ2n) is 9.67. The molecule has 3 N–H and O–H groups in total. The third-order valence-electron chi connectivity index (χ3n) is 7.17. The highest BCUT2D eigenvalue weighted by molar-refractivity contribution is 6.11. The second kappa shape index (κ2) is 8.10. The molecule has 3 fully saturated rings. The fraction of sp³-hybridized carbons (Fsp3) is 0.458. The number of amidine groups is 1. The van der Waals surface area contributed by atoms with Gasteiger partial charge in [-0.25, -0.2) is 19.8 Å². The van der Waals surface area contributed by atoms with E-state index in [1.807, 2.05) is 36.3 Å². The molecule has 1 aliphatic carbocycles. The molecule has 35 heavy (non-hydrogen) atoms. The molecule has 5 heterocycles. The van der Waals surface area contributed by atoms with Crippen molar-refractivity contribution in [3.63, 3.8) is 0 Å². The molecule has 0 bridgehead atoms. The van der Waals surface area contributed by atoms with Gasteiger partial charge in [0.05, 0.1) is 5.92 Å². The maximum Gasteiger partial charge on any atom is 0.326 e. The van der Waals surface area contributed by atoms with Crippen LogP contribution in [0.5, 0.6) is 0 Å². The SMILES string of the molecule is CC1=C(NC2CC2)N2N=CC(/C=C3\NC(=O)NC3=O)C2(C)N=C1N1CCN(c2ccccn2)CC1. The molecule has 11 heteroatoms.